The van der Waals surface area contributed by atoms with Crippen LogP contribution in [0.2, 0.25) is 0 Å². The molecule has 0 saturated carbocycles. The van der Waals surface area contributed by atoms with Crippen molar-refractivity contribution in [3.63, 3.8) is 0 Å². The molecule has 6 heteroatoms. The van der Waals surface area contributed by atoms with Crippen molar-refractivity contribution in [2.24, 2.45) is 5.92 Å². The largest absolute Gasteiger partial charge is 0.332 e. The summed E-state index contributed by atoms with van der Waals surface area (Å²) in [5, 5.41) is 3.80. The maximum absolute atomic E-state index is 13.5. The Kier molecular flexibility index (Phi) is 6.01. The normalized spacial score (nSPS) is 19.7. The number of quaternary nitrogens is 1. The summed E-state index contributed by atoms with van der Waals surface area (Å²) in [6.45, 7) is 9.13. The molecule has 1 aliphatic heterocycles. The molecular formula is C23H30N3O2S+. The zero-order valence-corrected chi connectivity index (χ0v) is 18.1. The number of rotatable bonds is 4. The molecule has 1 aromatic carbocycles. The van der Waals surface area contributed by atoms with E-state index in [-0.39, 0.29) is 11.8 Å². The molecule has 1 saturated heterocycles. The standard InChI is InChI=1S/C23H29N3O2S/c1-3-25-11-13-26(14-12-25)23(28)20-18-10-9-16(2)15-19(18)29-22(20)24-21(27)17-7-5-4-6-8-17/h4-8,16H,3,9-15H2,1-2H3,(H,24,27)/p+1/t16-/m0/s1. The second-order valence-electron chi connectivity index (χ2n) is 8.27. The van der Waals surface area contributed by atoms with Gasteiger partial charge < -0.3 is 15.1 Å². The van der Waals surface area contributed by atoms with Crippen LogP contribution in [0, 0.1) is 5.92 Å². The van der Waals surface area contributed by atoms with Gasteiger partial charge in [0.25, 0.3) is 11.8 Å². The van der Waals surface area contributed by atoms with Crippen LogP contribution in [0.5, 0.6) is 0 Å². The van der Waals surface area contributed by atoms with E-state index < -0.39 is 0 Å². The first-order valence-electron chi connectivity index (χ1n) is 10.7. The van der Waals surface area contributed by atoms with Gasteiger partial charge in [-0.05, 0) is 49.8 Å². The Hall–Kier alpha value is -2.18. The molecule has 1 aromatic heterocycles. The number of benzene rings is 1. The van der Waals surface area contributed by atoms with E-state index in [0.717, 1.165) is 62.6 Å². The Morgan fingerprint density at radius 1 is 1.21 bits per heavy atom. The minimum absolute atomic E-state index is 0.0931. The van der Waals surface area contributed by atoms with Gasteiger partial charge >= 0.3 is 0 Å². The molecule has 154 valence electrons. The smallest absolute Gasteiger partial charge is 0.257 e. The molecule has 2 amide bonds. The number of likely N-dealkylation sites (N-methyl/N-ethyl adjacent to an activating group) is 1. The predicted molar refractivity (Wildman–Crippen MR) is 117 cm³/mol. The van der Waals surface area contributed by atoms with Crippen molar-refractivity contribution in [3.05, 3.63) is 51.9 Å². The molecule has 2 heterocycles. The molecule has 1 atom stereocenters. The zero-order valence-electron chi connectivity index (χ0n) is 17.3. The first kappa shape index (κ1) is 20.1. The number of thiophene rings is 1. The van der Waals surface area contributed by atoms with Crippen molar-refractivity contribution >= 4 is 28.2 Å². The molecular weight excluding hydrogens is 382 g/mol. The van der Waals surface area contributed by atoms with E-state index in [2.05, 4.69) is 19.2 Å². The lowest BCUT2D eigenvalue weighted by Gasteiger charge is -2.32. The molecule has 0 unspecified atom stereocenters. The summed E-state index contributed by atoms with van der Waals surface area (Å²) in [4.78, 5) is 31.1. The highest BCUT2D eigenvalue weighted by molar-refractivity contribution is 7.17. The zero-order chi connectivity index (χ0) is 20.4. The van der Waals surface area contributed by atoms with Gasteiger partial charge in [-0.3, -0.25) is 9.59 Å². The van der Waals surface area contributed by atoms with Gasteiger partial charge in [-0.1, -0.05) is 25.1 Å². The molecule has 0 radical (unpaired) electrons. The molecule has 2 aromatic rings. The third-order valence-corrected chi connectivity index (χ3v) is 7.42. The molecule has 1 fully saturated rings. The number of fused-ring (bicyclic) bond motifs is 1. The van der Waals surface area contributed by atoms with Gasteiger partial charge in [0.2, 0.25) is 0 Å². The Morgan fingerprint density at radius 2 is 1.93 bits per heavy atom. The minimum atomic E-state index is -0.147. The van der Waals surface area contributed by atoms with Crippen LogP contribution in [0.25, 0.3) is 0 Å². The Labute approximate surface area is 176 Å². The van der Waals surface area contributed by atoms with Gasteiger partial charge in [-0.2, -0.15) is 0 Å². The molecule has 1 aliphatic carbocycles. The number of nitrogens with one attached hydrogen (secondary N) is 2. The number of amides is 2. The summed E-state index contributed by atoms with van der Waals surface area (Å²) >= 11 is 1.60. The maximum atomic E-state index is 13.5. The predicted octanol–water partition coefficient (Wildman–Crippen LogP) is 2.49. The average Bonchev–Trinajstić information content (AvgIpc) is 3.10. The fourth-order valence-corrected chi connectivity index (χ4v) is 5.77. The monoisotopic (exact) mass is 412 g/mol. The summed E-state index contributed by atoms with van der Waals surface area (Å²) in [5.74, 6) is 0.570. The van der Waals surface area contributed by atoms with Crippen LogP contribution in [-0.2, 0) is 12.8 Å². The van der Waals surface area contributed by atoms with E-state index in [1.165, 1.54) is 10.4 Å². The minimum Gasteiger partial charge on any atom is -0.332 e. The topological polar surface area (TPSA) is 53.9 Å². The third kappa shape index (κ3) is 4.23. The molecule has 2 N–H and O–H groups in total. The van der Waals surface area contributed by atoms with Crippen molar-refractivity contribution in [2.75, 3.05) is 38.0 Å². The van der Waals surface area contributed by atoms with Crippen LogP contribution in [0.4, 0.5) is 5.00 Å². The number of piperazine rings is 1. The Morgan fingerprint density at radius 3 is 2.62 bits per heavy atom. The van der Waals surface area contributed by atoms with Crippen molar-refractivity contribution < 1.29 is 14.5 Å². The lowest BCUT2D eigenvalue weighted by molar-refractivity contribution is -0.902. The number of hydrogen-bond acceptors (Lipinski definition) is 3. The highest BCUT2D eigenvalue weighted by Gasteiger charge is 2.32. The van der Waals surface area contributed by atoms with E-state index in [0.29, 0.717) is 11.5 Å². The lowest BCUT2D eigenvalue weighted by atomic mass is 9.88. The van der Waals surface area contributed by atoms with Crippen molar-refractivity contribution in [3.8, 4) is 0 Å². The SMILES string of the molecule is CC[NH+]1CCN(C(=O)c2c(NC(=O)c3ccccc3)sc3c2CC[C@H](C)C3)CC1. The van der Waals surface area contributed by atoms with E-state index in [1.807, 2.05) is 23.1 Å². The third-order valence-electron chi connectivity index (χ3n) is 6.25. The first-order valence-corrected chi connectivity index (χ1v) is 11.5. The molecule has 0 spiro atoms. The molecule has 4 rings (SSSR count). The van der Waals surface area contributed by atoms with E-state index in [9.17, 15) is 9.59 Å². The summed E-state index contributed by atoms with van der Waals surface area (Å²) in [6.07, 6.45) is 3.02. The van der Waals surface area contributed by atoms with Crippen LogP contribution in [0.3, 0.4) is 0 Å². The molecule has 0 bridgehead atoms. The highest BCUT2D eigenvalue weighted by Crippen LogP contribution is 2.40. The maximum Gasteiger partial charge on any atom is 0.257 e. The number of carbonyl (C=O) groups is 2. The van der Waals surface area contributed by atoms with Gasteiger partial charge in [0.15, 0.2) is 0 Å². The Balaban J connectivity index is 1.63. The van der Waals surface area contributed by atoms with Gasteiger partial charge in [-0.25, -0.2) is 0 Å². The second-order valence-corrected chi connectivity index (χ2v) is 9.38. The molecule has 2 aliphatic rings. The average molecular weight is 413 g/mol. The van der Waals surface area contributed by atoms with Crippen molar-refractivity contribution in [1.29, 1.82) is 0 Å². The number of anilines is 1. The summed E-state index contributed by atoms with van der Waals surface area (Å²) in [6, 6.07) is 9.22. The quantitative estimate of drug-likeness (QED) is 0.811. The van der Waals surface area contributed by atoms with E-state index in [4.69, 9.17) is 0 Å². The van der Waals surface area contributed by atoms with Crippen molar-refractivity contribution in [1.82, 2.24) is 4.90 Å². The summed E-state index contributed by atoms with van der Waals surface area (Å²) in [5.41, 5.74) is 2.54. The van der Waals surface area contributed by atoms with E-state index >= 15 is 0 Å². The van der Waals surface area contributed by atoms with Gasteiger partial charge in [0.05, 0.1) is 38.3 Å². The van der Waals surface area contributed by atoms with Crippen LogP contribution in [0.1, 0.15) is 51.4 Å². The fraction of sp³-hybridized carbons (Fsp3) is 0.478. The van der Waals surface area contributed by atoms with Gasteiger partial charge in [0, 0.05) is 10.4 Å². The second kappa shape index (κ2) is 8.67. The van der Waals surface area contributed by atoms with Gasteiger partial charge in [-0.15, -0.1) is 11.3 Å². The van der Waals surface area contributed by atoms with Crippen LogP contribution in [0.15, 0.2) is 30.3 Å². The summed E-state index contributed by atoms with van der Waals surface area (Å²) < 4.78 is 0. The van der Waals surface area contributed by atoms with Crippen LogP contribution >= 0.6 is 11.3 Å². The number of carbonyl (C=O) groups excluding carboxylic acids is 2. The van der Waals surface area contributed by atoms with Crippen LogP contribution in [-0.4, -0.2) is 49.4 Å². The first-order chi connectivity index (χ1) is 14.1. The summed E-state index contributed by atoms with van der Waals surface area (Å²) in [7, 11) is 0. The molecule has 29 heavy (non-hydrogen) atoms. The molecule has 5 nitrogen and oxygen atoms in total. The Bertz CT molecular complexity index is 885. The van der Waals surface area contributed by atoms with Gasteiger partial charge in [0.1, 0.15) is 5.00 Å². The number of nitrogens with zero attached hydrogens (tertiary/aromatic N) is 1. The van der Waals surface area contributed by atoms with E-state index in [1.54, 1.807) is 28.4 Å². The fourth-order valence-electron chi connectivity index (χ4n) is 4.37. The highest BCUT2D eigenvalue weighted by atomic mass is 32.1. The number of hydrogen-bond donors (Lipinski definition) is 2. The lowest BCUT2D eigenvalue weighted by Crippen LogP contribution is -3.14. The van der Waals surface area contributed by atoms with Crippen LogP contribution < -0.4 is 10.2 Å². The van der Waals surface area contributed by atoms with Crippen molar-refractivity contribution in [2.45, 2.75) is 33.1 Å².